The highest BCUT2D eigenvalue weighted by Gasteiger charge is 2.23. The molecular formula is C15H18BrN5. The zero-order valence-electron chi connectivity index (χ0n) is 12.0. The quantitative estimate of drug-likeness (QED) is 0.853. The summed E-state index contributed by atoms with van der Waals surface area (Å²) in [6.07, 6.45) is 5.45. The van der Waals surface area contributed by atoms with Crippen molar-refractivity contribution in [3.8, 4) is 0 Å². The Kier molecular flexibility index (Phi) is 4.45. The fourth-order valence-electron chi connectivity index (χ4n) is 2.59. The first-order chi connectivity index (χ1) is 10.2. The van der Waals surface area contributed by atoms with Crippen LogP contribution in [0.15, 0.2) is 41.3 Å². The highest BCUT2D eigenvalue weighted by atomic mass is 79.9. The predicted octanol–water partition coefficient (Wildman–Crippen LogP) is 2.52. The summed E-state index contributed by atoms with van der Waals surface area (Å²) in [5.74, 6) is 0.809. The van der Waals surface area contributed by atoms with E-state index in [0.29, 0.717) is 6.04 Å². The third kappa shape index (κ3) is 3.39. The molecular weight excluding hydrogens is 330 g/mol. The summed E-state index contributed by atoms with van der Waals surface area (Å²) in [5, 5.41) is 0. The molecule has 0 aliphatic carbocycles. The van der Waals surface area contributed by atoms with Gasteiger partial charge in [0.15, 0.2) is 0 Å². The molecule has 3 rings (SSSR count). The van der Waals surface area contributed by atoms with Gasteiger partial charge in [0.05, 0.1) is 10.2 Å². The zero-order chi connectivity index (χ0) is 14.7. The van der Waals surface area contributed by atoms with E-state index < -0.39 is 0 Å². The maximum absolute atomic E-state index is 4.46. The van der Waals surface area contributed by atoms with Gasteiger partial charge in [-0.3, -0.25) is 9.88 Å². The molecule has 1 atom stereocenters. The average Bonchev–Trinajstić information content (AvgIpc) is 2.56. The Hall–Kier alpha value is -1.53. The van der Waals surface area contributed by atoms with E-state index in [4.69, 9.17) is 0 Å². The van der Waals surface area contributed by atoms with Crippen LogP contribution in [0.2, 0.25) is 0 Å². The molecule has 0 saturated carbocycles. The van der Waals surface area contributed by atoms with Gasteiger partial charge in [-0.1, -0.05) is 6.07 Å². The van der Waals surface area contributed by atoms with E-state index in [-0.39, 0.29) is 0 Å². The Morgan fingerprint density at radius 1 is 1.05 bits per heavy atom. The van der Waals surface area contributed by atoms with E-state index in [9.17, 15) is 0 Å². The Bertz CT molecular complexity index is 566. The number of piperazine rings is 1. The smallest absolute Gasteiger partial charge is 0.225 e. The molecule has 110 valence electrons. The van der Waals surface area contributed by atoms with Crippen molar-refractivity contribution in [3.63, 3.8) is 0 Å². The van der Waals surface area contributed by atoms with Gasteiger partial charge in [0.1, 0.15) is 0 Å². The molecule has 1 unspecified atom stereocenters. The van der Waals surface area contributed by atoms with E-state index in [0.717, 1.165) is 42.3 Å². The summed E-state index contributed by atoms with van der Waals surface area (Å²) in [7, 11) is 0. The molecule has 0 bridgehead atoms. The summed E-state index contributed by atoms with van der Waals surface area (Å²) >= 11 is 3.37. The monoisotopic (exact) mass is 347 g/mol. The van der Waals surface area contributed by atoms with Crippen molar-refractivity contribution in [1.29, 1.82) is 0 Å². The summed E-state index contributed by atoms with van der Waals surface area (Å²) in [5.41, 5.74) is 1.13. The zero-order valence-corrected chi connectivity index (χ0v) is 13.6. The third-order valence-corrected chi connectivity index (χ3v) is 4.28. The second kappa shape index (κ2) is 6.49. The molecule has 1 saturated heterocycles. The second-order valence-electron chi connectivity index (χ2n) is 5.15. The molecule has 3 heterocycles. The molecule has 0 amide bonds. The van der Waals surface area contributed by atoms with Crippen LogP contribution in [0.3, 0.4) is 0 Å². The van der Waals surface area contributed by atoms with Gasteiger partial charge in [0, 0.05) is 50.8 Å². The van der Waals surface area contributed by atoms with E-state index in [1.54, 1.807) is 12.4 Å². The van der Waals surface area contributed by atoms with Crippen molar-refractivity contribution in [3.05, 3.63) is 47.0 Å². The Labute approximate surface area is 133 Å². The van der Waals surface area contributed by atoms with Crippen molar-refractivity contribution < 1.29 is 0 Å². The SMILES string of the molecule is CC(c1ccccn1)N1CCN(c2ncc(Br)cn2)CC1. The van der Waals surface area contributed by atoms with Crippen LogP contribution in [0.5, 0.6) is 0 Å². The van der Waals surface area contributed by atoms with Gasteiger partial charge in [-0.05, 0) is 35.0 Å². The van der Waals surface area contributed by atoms with Crippen LogP contribution >= 0.6 is 15.9 Å². The molecule has 1 aliphatic rings. The molecule has 0 spiro atoms. The lowest BCUT2D eigenvalue weighted by Crippen LogP contribution is -2.47. The first kappa shape index (κ1) is 14.4. The maximum atomic E-state index is 4.46. The molecule has 1 fully saturated rings. The lowest BCUT2D eigenvalue weighted by atomic mass is 10.1. The standard InChI is InChI=1S/C15H18BrN5/c1-12(14-4-2-3-5-17-14)20-6-8-21(9-7-20)15-18-10-13(16)11-19-15/h2-5,10-12H,6-9H2,1H3. The molecule has 0 radical (unpaired) electrons. The number of anilines is 1. The largest absolute Gasteiger partial charge is 0.338 e. The van der Waals surface area contributed by atoms with Crippen LogP contribution in [0.25, 0.3) is 0 Å². The number of halogens is 1. The summed E-state index contributed by atoms with van der Waals surface area (Å²) in [6, 6.07) is 6.44. The fraction of sp³-hybridized carbons (Fsp3) is 0.400. The van der Waals surface area contributed by atoms with Crippen molar-refractivity contribution in [2.45, 2.75) is 13.0 Å². The van der Waals surface area contributed by atoms with Gasteiger partial charge in [0.2, 0.25) is 5.95 Å². The highest BCUT2D eigenvalue weighted by Crippen LogP contribution is 2.21. The van der Waals surface area contributed by atoms with Gasteiger partial charge >= 0.3 is 0 Å². The number of aromatic nitrogens is 3. The predicted molar refractivity (Wildman–Crippen MR) is 86.2 cm³/mol. The molecule has 0 N–H and O–H groups in total. The Balaban J connectivity index is 1.61. The number of pyridine rings is 1. The van der Waals surface area contributed by atoms with Crippen LogP contribution in [0, 0.1) is 0 Å². The van der Waals surface area contributed by atoms with Crippen LogP contribution in [0.1, 0.15) is 18.7 Å². The lowest BCUT2D eigenvalue weighted by Gasteiger charge is -2.37. The van der Waals surface area contributed by atoms with Crippen LogP contribution in [-0.2, 0) is 0 Å². The average molecular weight is 348 g/mol. The summed E-state index contributed by atoms with van der Waals surface area (Å²) < 4.78 is 0.911. The van der Waals surface area contributed by atoms with Crippen LogP contribution in [0.4, 0.5) is 5.95 Å². The minimum atomic E-state index is 0.346. The fourth-order valence-corrected chi connectivity index (χ4v) is 2.79. The topological polar surface area (TPSA) is 45.2 Å². The van der Waals surface area contributed by atoms with E-state index in [1.807, 2.05) is 18.3 Å². The Morgan fingerprint density at radius 3 is 2.38 bits per heavy atom. The molecule has 2 aromatic rings. The minimum Gasteiger partial charge on any atom is -0.338 e. The van der Waals surface area contributed by atoms with Crippen molar-refractivity contribution in [2.24, 2.45) is 0 Å². The molecule has 1 aliphatic heterocycles. The number of hydrogen-bond acceptors (Lipinski definition) is 5. The minimum absolute atomic E-state index is 0.346. The highest BCUT2D eigenvalue weighted by molar-refractivity contribution is 9.10. The van der Waals surface area contributed by atoms with Crippen molar-refractivity contribution in [1.82, 2.24) is 19.9 Å². The van der Waals surface area contributed by atoms with Gasteiger partial charge in [0.25, 0.3) is 0 Å². The number of rotatable bonds is 3. The second-order valence-corrected chi connectivity index (χ2v) is 6.07. The lowest BCUT2D eigenvalue weighted by molar-refractivity contribution is 0.194. The number of nitrogens with zero attached hydrogens (tertiary/aromatic N) is 5. The van der Waals surface area contributed by atoms with Crippen molar-refractivity contribution >= 4 is 21.9 Å². The molecule has 5 nitrogen and oxygen atoms in total. The first-order valence-corrected chi connectivity index (χ1v) is 7.91. The van der Waals surface area contributed by atoms with Gasteiger partial charge in [-0.25, -0.2) is 9.97 Å². The van der Waals surface area contributed by atoms with Gasteiger partial charge in [-0.15, -0.1) is 0 Å². The van der Waals surface area contributed by atoms with E-state index in [2.05, 4.69) is 53.7 Å². The Morgan fingerprint density at radius 2 is 1.76 bits per heavy atom. The van der Waals surface area contributed by atoms with E-state index >= 15 is 0 Å². The summed E-state index contributed by atoms with van der Waals surface area (Å²) in [6.45, 7) is 6.10. The van der Waals surface area contributed by atoms with Gasteiger partial charge in [-0.2, -0.15) is 0 Å². The summed E-state index contributed by atoms with van der Waals surface area (Å²) in [4.78, 5) is 17.9. The maximum Gasteiger partial charge on any atom is 0.225 e. The molecule has 2 aromatic heterocycles. The van der Waals surface area contributed by atoms with Crippen LogP contribution < -0.4 is 4.90 Å². The van der Waals surface area contributed by atoms with Gasteiger partial charge < -0.3 is 4.90 Å². The molecule has 21 heavy (non-hydrogen) atoms. The molecule has 0 aromatic carbocycles. The third-order valence-electron chi connectivity index (χ3n) is 3.87. The van der Waals surface area contributed by atoms with Crippen molar-refractivity contribution in [2.75, 3.05) is 31.1 Å². The molecule has 6 heteroatoms. The first-order valence-electron chi connectivity index (χ1n) is 7.11. The number of hydrogen-bond donors (Lipinski definition) is 0. The van der Waals surface area contributed by atoms with Crippen LogP contribution in [-0.4, -0.2) is 46.0 Å². The van der Waals surface area contributed by atoms with E-state index in [1.165, 1.54) is 0 Å². The normalized spacial score (nSPS) is 17.7.